The number of ether oxygens (including phenoxy) is 1. The average Bonchev–Trinajstić information content (AvgIpc) is 2.50. The van der Waals surface area contributed by atoms with Gasteiger partial charge in [0, 0.05) is 29.9 Å². The lowest BCUT2D eigenvalue weighted by Gasteiger charge is -2.07. The van der Waals surface area contributed by atoms with Crippen molar-refractivity contribution in [2.45, 2.75) is 17.9 Å². The largest absolute Gasteiger partial charge is 0.380 e. The summed E-state index contributed by atoms with van der Waals surface area (Å²) in [4.78, 5) is 12.9. The molecule has 3 nitrogen and oxygen atoms in total. The molecule has 2 rings (SSSR count). The molecule has 0 unspecified atom stereocenters. The fraction of sp³-hybridized carbons (Fsp3) is 0.235. The molecule has 116 valence electrons. The Morgan fingerprint density at radius 2 is 2.00 bits per heavy atom. The number of anilines is 1. The number of carbonyl (C=O) groups is 1. The van der Waals surface area contributed by atoms with Crippen molar-refractivity contribution in [2.24, 2.45) is 0 Å². The number of rotatable bonds is 7. The van der Waals surface area contributed by atoms with Crippen LogP contribution in [0.2, 0.25) is 0 Å². The van der Waals surface area contributed by atoms with Gasteiger partial charge in [0.2, 0.25) is 5.91 Å². The molecule has 0 radical (unpaired) electrons. The zero-order chi connectivity index (χ0) is 15.8. The molecule has 0 aliphatic rings. The monoisotopic (exact) mass is 319 g/mol. The van der Waals surface area contributed by atoms with Gasteiger partial charge in [0.25, 0.3) is 0 Å². The SMILES string of the molecule is COCc1cccc(NC(=O)CCSc2ccc(F)cc2)c1. The van der Waals surface area contributed by atoms with Crippen molar-refractivity contribution in [3.05, 3.63) is 59.9 Å². The fourth-order valence-electron chi connectivity index (χ4n) is 1.92. The third-order valence-electron chi connectivity index (χ3n) is 2.93. The van der Waals surface area contributed by atoms with Crippen molar-refractivity contribution in [3.63, 3.8) is 0 Å². The molecule has 0 bridgehead atoms. The Labute approximate surface area is 133 Å². The average molecular weight is 319 g/mol. The quantitative estimate of drug-likeness (QED) is 0.781. The van der Waals surface area contributed by atoms with E-state index in [2.05, 4.69) is 5.32 Å². The van der Waals surface area contributed by atoms with Crippen molar-refractivity contribution >= 4 is 23.4 Å². The maximum absolute atomic E-state index is 12.8. The molecule has 1 N–H and O–H groups in total. The topological polar surface area (TPSA) is 38.3 Å². The normalized spacial score (nSPS) is 10.5. The predicted molar refractivity (Wildman–Crippen MR) is 87.5 cm³/mol. The summed E-state index contributed by atoms with van der Waals surface area (Å²) in [5.74, 6) is 0.358. The van der Waals surface area contributed by atoms with Crippen LogP contribution in [-0.4, -0.2) is 18.8 Å². The van der Waals surface area contributed by atoms with Gasteiger partial charge >= 0.3 is 0 Å². The fourth-order valence-corrected chi connectivity index (χ4v) is 2.77. The molecular formula is C17H18FNO2S. The molecule has 1 amide bonds. The van der Waals surface area contributed by atoms with Crippen LogP contribution in [0.15, 0.2) is 53.4 Å². The van der Waals surface area contributed by atoms with Gasteiger partial charge in [0.05, 0.1) is 6.61 Å². The summed E-state index contributed by atoms with van der Waals surface area (Å²) in [5, 5.41) is 2.87. The third-order valence-corrected chi connectivity index (χ3v) is 3.95. The second kappa shape index (κ2) is 8.56. The van der Waals surface area contributed by atoms with E-state index in [0.29, 0.717) is 18.8 Å². The maximum Gasteiger partial charge on any atom is 0.225 e. The molecule has 0 saturated heterocycles. The van der Waals surface area contributed by atoms with Gasteiger partial charge < -0.3 is 10.1 Å². The van der Waals surface area contributed by atoms with Gasteiger partial charge in [0.1, 0.15) is 5.82 Å². The Kier molecular flexibility index (Phi) is 6.43. The molecule has 0 aliphatic carbocycles. The molecule has 2 aromatic rings. The molecule has 5 heteroatoms. The zero-order valence-corrected chi connectivity index (χ0v) is 13.2. The number of benzene rings is 2. The number of amides is 1. The zero-order valence-electron chi connectivity index (χ0n) is 12.3. The second-order valence-corrected chi connectivity index (χ2v) is 5.90. The summed E-state index contributed by atoms with van der Waals surface area (Å²) >= 11 is 1.53. The number of hydrogen-bond acceptors (Lipinski definition) is 3. The van der Waals surface area contributed by atoms with E-state index >= 15 is 0 Å². The lowest BCUT2D eigenvalue weighted by molar-refractivity contribution is -0.115. The van der Waals surface area contributed by atoms with Gasteiger partial charge in [-0.05, 0) is 42.0 Å². The first kappa shape index (κ1) is 16.5. The number of thioether (sulfide) groups is 1. The number of hydrogen-bond donors (Lipinski definition) is 1. The van der Waals surface area contributed by atoms with E-state index in [0.717, 1.165) is 16.1 Å². The van der Waals surface area contributed by atoms with Gasteiger partial charge in [-0.3, -0.25) is 4.79 Å². The van der Waals surface area contributed by atoms with Crippen LogP contribution >= 0.6 is 11.8 Å². The Hall–Kier alpha value is -1.85. The number of nitrogens with one attached hydrogen (secondary N) is 1. The van der Waals surface area contributed by atoms with E-state index < -0.39 is 0 Å². The van der Waals surface area contributed by atoms with Crippen LogP contribution in [0.5, 0.6) is 0 Å². The highest BCUT2D eigenvalue weighted by Gasteiger charge is 2.04. The molecule has 0 atom stereocenters. The van der Waals surface area contributed by atoms with E-state index in [-0.39, 0.29) is 11.7 Å². The summed E-state index contributed by atoms with van der Waals surface area (Å²) in [7, 11) is 1.64. The van der Waals surface area contributed by atoms with Crippen LogP contribution in [0.4, 0.5) is 10.1 Å². The number of halogens is 1. The lowest BCUT2D eigenvalue weighted by atomic mass is 10.2. The van der Waals surface area contributed by atoms with Crippen molar-refractivity contribution in [2.75, 3.05) is 18.2 Å². The second-order valence-electron chi connectivity index (χ2n) is 4.73. The van der Waals surface area contributed by atoms with Crippen LogP contribution in [-0.2, 0) is 16.1 Å². The molecule has 2 aromatic carbocycles. The summed E-state index contributed by atoms with van der Waals surface area (Å²) in [6.45, 7) is 0.518. The highest BCUT2D eigenvalue weighted by molar-refractivity contribution is 7.99. The van der Waals surface area contributed by atoms with Crippen LogP contribution in [0.3, 0.4) is 0 Å². The Bertz CT molecular complexity index is 616. The summed E-state index contributed by atoms with van der Waals surface area (Å²) in [6, 6.07) is 13.9. The molecule has 22 heavy (non-hydrogen) atoms. The lowest BCUT2D eigenvalue weighted by Crippen LogP contribution is -2.12. The van der Waals surface area contributed by atoms with Crippen molar-refractivity contribution in [3.8, 4) is 0 Å². The van der Waals surface area contributed by atoms with Gasteiger partial charge in [0.15, 0.2) is 0 Å². The first-order valence-electron chi connectivity index (χ1n) is 6.93. The molecule has 0 fully saturated rings. The standard InChI is InChI=1S/C17H18FNO2S/c1-21-12-13-3-2-4-15(11-13)19-17(20)9-10-22-16-7-5-14(18)6-8-16/h2-8,11H,9-10,12H2,1H3,(H,19,20). The molecule has 0 aromatic heterocycles. The van der Waals surface area contributed by atoms with Gasteiger partial charge in [-0.2, -0.15) is 0 Å². The molecule has 0 spiro atoms. The summed E-state index contributed by atoms with van der Waals surface area (Å²) < 4.78 is 17.9. The van der Waals surface area contributed by atoms with Gasteiger partial charge in [-0.15, -0.1) is 11.8 Å². The van der Waals surface area contributed by atoms with E-state index in [1.165, 1.54) is 23.9 Å². The van der Waals surface area contributed by atoms with E-state index in [1.54, 1.807) is 19.2 Å². The minimum absolute atomic E-state index is 0.0378. The molecule has 0 heterocycles. The van der Waals surface area contributed by atoms with Crippen LogP contribution in [0, 0.1) is 5.82 Å². The first-order chi connectivity index (χ1) is 10.7. The van der Waals surface area contributed by atoms with Gasteiger partial charge in [-0.25, -0.2) is 4.39 Å². The highest BCUT2D eigenvalue weighted by Crippen LogP contribution is 2.19. The number of methoxy groups -OCH3 is 1. The molecule has 0 saturated carbocycles. The van der Waals surface area contributed by atoms with Crippen molar-refractivity contribution < 1.29 is 13.9 Å². The Morgan fingerprint density at radius 3 is 2.73 bits per heavy atom. The number of carbonyl (C=O) groups excluding carboxylic acids is 1. The molecule has 0 aliphatic heterocycles. The van der Waals surface area contributed by atoms with E-state index in [1.807, 2.05) is 24.3 Å². The third kappa shape index (κ3) is 5.50. The van der Waals surface area contributed by atoms with Crippen molar-refractivity contribution in [1.29, 1.82) is 0 Å². The Morgan fingerprint density at radius 1 is 1.23 bits per heavy atom. The van der Waals surface area contributed by atoms with Crippen LogP contribution in [0.25, 0.3) is 0 Å². The Balaban J connectivity index is 1.78. The highest BCUT2D eigenvalue weighted by atomic mass is 32.2. The van der Waals surface area contributed by atoms with E-state index in [9.17, 15) is 9.18 Å². The summed E-state index contributed by atoms with van der Waals surface area (Å²) in [6.07, 6.45) is 0.399. The van der Waals surface area contributed by atoms with Crippen LogP contribution in [0.1, 0.15) is 12.0 Å². The van der Waals surface area contributed by atoms with Crippen LogP contribution < -0.4 is 5.32 Å². The van der Waals surface area contributed by atoms with Crippen molar-refractivity contribution in [1.82, 2.24) is 0 Å². The minimum atomic E-state index is -0.252. The smallest absolute Gasteiger partial charge is 0.225 e. The molecular weight excluding hydrogens is 301 g/mol. The predicted octanol–water partition coefficient (Wildman–Crippen LogP) is 4.09. The van der Waals surface area contributed by atoms with E-state index in [4.69, 9.17) is 4.74 Å². The summed E-state index contributed by atoms with van der Waals surface area (Å²) in [5.41, 5.74) is 1.78. The maximum atomic E-state index is 12.8. The minimum Gasteiger partial charge on any atom is -0.380 e. The first-order valence-corrected chi connectivity index (χ1v) is 7.92. The van der Waals surface area contributed by atoms with Gasteiger partial charge in [-0.1, -0.05) is 12.1 Å².